The summed E-state index contributed by atoms with van der Waals surface area (Å²) in [5.41, 5.74) is 0. The highest BCUT2D eigenvalue weighted by Gasteiger charge is 2.25. The zero-order valence-electron chi connectivity index (χ0n) is 43.2. The van der Waals surface area contributed by atoms with Crippen LogP contribution in [-0.2, 0) is 32.7 Å². The van der Waals surface area contributed by atoms with Crippen molar-refractivity contribution in [2.24, 2.45) is 0 Å². The Labute approximate surface area is 402 Å². The van der Waals surface area contributed by atoms with Gasteiger partial charge in [0.25, 0.3) is 0 Å². The summed E-state index contributed by atoms with van der Waals surface area (Å²) in [5, 5.41) is 2.77. The molecule has 0 aliphatic carbocycles. The first-order chi connectivity index (χ1) is 31.8. The fraction of sp³-hybridized carbons (Fsp3) is 0.927. The monoisotopic (exact) mass is 942 g/mol. The third kappa shape index (κ3) is 52.0. The van der Waals surface area contributed by atoms with Crippen LogP contribution in [0.3, 0.4) is 0 Å². The molecule has 0 heterocycles. The van der Waals surface area contributed by atoms with Crippen LogP contribution in [0.25, 0.3) is 0 Å². The number of unbranched alkanes of at least 4 members (excludes halogenated alkanes) is 36. The molecular formula is C55H108NO8P. The molecule has 65 heavy (non-hydrogen) atoms. The van der Waals surface area contributed by atoms with Gasteiger partial charge in [-0.3, -0.25) is 18.6 Å². The highest BCUT2D eigenvalue weighted by atomic mass is 31.2. The van der Waals surface area contributed by atoms with E-state index in [9.17, 15) is 19.0 Å². The second kappa shape index (κ2) is 52.1. The number of phosphoric ester groups is 1. The molecule has 10 heteroatoms. The maximum Gasteiger partial charge on any atom is 0.472 e. The summed E-state index contributed by atoms with van der Waals surface area (Å²) in [5.74, 6) is -0.434. The molecule has 0 saturated carbocycles. The molecule has 1 amide bonds. The molecule has 0 rings (SSSR count). The third-order valence-corrected chi connectivity index (χ3v) is 13.5. The number of carbonyl (C=O) groups excluding carboxylic acids is 2. The molecule has 0 saturated heterocycles. The van der Waals surface area contributed by atoms with Crippen LogP contribution in [0.1, 0.15) is 290 Å². The quantitative estimate of drug-likeness (QED) is 0.0268. The van der Waals surface area contributed by atoms with Gasteiger partial charge in [0.2, 0.25) is 5.91 Å². The Morgan fingerprint density at radius 2 is 0.831 bits per heavy atom. The van der Waals surface area contributed by atoms with Gasteiger partial charge in [0, 0.05) is 26.0 Å². The number of rotatable bonds is 54. The third-order valence-electron chi connectivity index (χ3n) is 12.5. The van der Waals surface area contributed by atoms with E-state index in [0.717, 1.165) is 64.2 Å². The molecule has 0 aromatic heterocycles. The van der Waals surface area contributed by atoms with E-state index in [2.05, 4.69) is 38.2 Å². The zero-order valence-corrected chi connectivity index (χ0v) is 44.1. The van der Waals surface area contributed by atoms with Gasteiger partial charge in [-0.05, 0) is 44.9 Å². The van der Waals surface area contributed by atoms with Crippen LogP contribution in [0.4, 0.5) is 0 Å². The number of esters is 1. The van der Waals surface area contributed by atoms with E-state index in [1.54, 1.807) is 0 Å². The molecule has 9 nitrogen and oxygen atoms in total. The molecule has 0 aromatic rings. The number of carbonyl (C=O) groups is 2. The summed E-state index contributed by atoms with van der Waals surface area (Å²) < 4.78 is 34.7. The first kappa shape index (κ1) is 63.8. The van der Waals surface area contributed by atoms with Gasteiger partial charge in [0.1, 0.15) is 6.10 Å². The number of hydrogen-bond acceptors (Lipinski definition) is 7. The molecule has 0 bridgehead atoms. The summed E-state index contributed by atoms with van der Waals surface area (Å²) >= 11 is 0. The molecule has 0 radical (unpaired) electrons. The van der Waals surface area contributed by atoms with Crippen LogP contribution in [0.15, 0.2) is 12.2 Å². The molecule has 0 aliphatic heterocycles. The van der Waals surface area contributed by atoms with Crippen molar-refractivity contribution in [3.05, 3.63) is 12.2 Å². The van der Waals surface area contributed by atoms with Crippen molar-refractivity contribution < 1.29 is 37.6 Å². The highest BCUT2D eigenvalue weighted by Crippen LogP contribution is 2.43. The maximum absolute atomic E-state index is 12.8. The Morgan fingerprint density at radius 1 is 0.462 bits per heavy atom. The average Bonchev–Trinajstić information content (AvgIpc) is 3.29. The minimum absolute atomic E-state index is 0.0838. The van der Waals surface area contributed by atoms with E-state index < -0.39 is 13.9 Å². The van der Waals surface area contributed by atoms with Crippen molar-refractivity contribution in [3.63, 3.8) is 0 Å². The van der Waals surface area contributed by atoms with Crippen LogP contribution < -0.4 is 5.32 Å². The summed E-state index contributed by atoms with van der Waals surface area (Å²) in [4.78, 5) is 35.5. The van der Waals surface area contributed by atoms with Gasteiger partial charge >= 0.3 is 13.8 Å². The predicted octanol–water partition coefficient (Wildman–Crippen LogP) is 17.2. The highest BCUT2D eigenvalue weighted by molar-refractivity contribution is 7.47. The summed E-state index contributed by atoms with van der Waals surface area (Å²) in [6.07, 6.45) is 54.3. The van der Waals surface area contributed by atoms with E-state index >= 15 is 0 Å². The first-order valence-corrected chi connectivity index (χ1v) is 29.6. The molecule has 2 N–H and O–H groups in total. The Balaban J connectivity index is 4.39. The van der Waals surface area contributed by atoms with Crippen LogP contribution in [-0.4, -0.2) is 55.8 Å². The molecule has 0 aromatic carbocycles. The number of phosphoric acid groups is 1. The smallest absolute Gasteiger partial charge is 0.457 e. The predicted molar refractivity (Wildman–Crippen MR) is 276 cm³/mol. The van der Waals surface area contributed by atoms with Crippen LogP contribution in [0.2, 0.25) is 0 Å². The van der Waals surface area contributed by atoms with Crippen molar-refractivity contribution in [3.8, 4) is 0 Å². The van der Waals surface area contributed by atoms with Crippen LogP contribution in [0, 0.1) is 0 Å². The van der Waals surface area contributed by atoms with Crippen LogP contribution in [0.5, 0.6) is 0 Å². The number of ether oxygens (including phenoxy) is 2. The van der Waals surface area contributed by atoms with E-state index in [1.165, 1.54) is 193 Å². The second-order valence-corrected chi connectivity index (χ2v) is 20.5. The van der Waals surface area contributed by atoms with Crippen molar-refractivity contribution in [1.29, 1.82) is 0 Å². The van der Waals surface area contributed by atoms with Gasteiger partial charge in [0.15, 0.2) is 0 Å². The van der Waals surface area contributed by atoms with Crippen LogP contribution >= 0.6 is 7.82 Å². The Bertz CT molecular complexity index is 1070. The fourth-order valence-corrected chi connectivity index (χ4v) is 9.02. The van der Waals surface area contributed by atoms with E-state index in [1.807, 2.05) is 0 Å². The maximum atomic E-state index is 12.8. The van der Waals surface area contributed by atoms with Gasteiger partial charge in [-0.15, -0.1) is 0 Å². The number of hydrogen-bond donors (Lipinski definition) is 2. The van der Waals surface area contributed by atoms with E-state index in [-0.39, 0.29) is 38.2 Å². The van der Waals surface area contributed by atoms with Gasteiger partial charge < -0.3 is 19.7 Å². The molecule has 0 spiro atoms. The number of nitrogens with one attached hydrogen (secondary N) is 1. The minimum Gasteiger partial charge on any atom is -0.457 e. The zero-order chi connectivity index (χ0) is 47.4. The normalized spacial score (nSPS) is 13.1. The van der Waals surface area contributed by atoms with Gasteiger partial charge in [-0.2, -0.15) is 0 Å². The fourth-order valence-electron chi connectivity index (χ4n) is 8.27. The number of amides is 1. The van der Waals surface area contributed by atoms with Gasteiger partial charge in [-0.25, -0.2) is 4.57 Å². The van der Waals surface area contributed by atoms with E-state index in [0.29, 0.717) is 19.4 Å². The summed E-state index contributed by atoms with van der Waals surface area (Å²) in [6, 6.07) is 0. The Morgan fingerprint density at radius 3 is 1.26 bits per heavy atom. The topological polar surface area (TPSA) is 120 Å². The number of allylic oxidation sites excluding steroid dienone is 2. The van der Waals surface area contributed by atoms with E-state index in [4.69, 9.17) is 18.5 Å². The lowest BCUT2D eigenvalue weighted by Gasteiger charge is -2.20. The lowest BCUT2D eigenvalue weighted by molar-refractivity contribution is -0.154. The molecular weight excluding hydrogens is 834 g/mol. The standard InChI is InChI=1S/C55H108NO8P/c1-4-7-10-13-16-19-22-25-27-29-32-35-38-41-44-47-55(58)64-53(51-61-49-45-42-39-36-33-30-26-23-20-17-14-11-8-5-2)52-63-65(59,60)62-50-48-56-54(57)46-43-40-37-34-31-28-24-21-18-15-12-9-6-3/h25,27,53H,4-24,26,28-52H2,1-3H3,(H,56,57)(H,59,60)/b27-25-/t53-/m1/s1. The van der Waals surface area contributed by atoms with Crippen molar-refractivity contribution >= 4 is 19.7 Å². The van der Waals surface area contributed by atoms with Crippen molar-refractivity contribution in [2.45, 2.75) is 297 Å². The second-order valence-electron chi connectivity index (χ2n) is 19.1. The molecule has 0 fully saturated rings. The Kier molecular flexibility index (Phi) is 51.1. The molecule has 386 valence electrons. The lowest BCUT2D eigenvalue weighted by Crippen LogP contribution is -2.29. The minimum atomic E-state index is -4.43. The molecule has 1 unspecified atom stereocenters. The summed E-state index contributed by atoms with van der Waals surface area (Å²) in [6.45, 7) is 7.05. The van der Waals surface area contributed by atoms with Gasteiger partial charge in [-0.1, -0.05) is 245 Å². The average molecular weight is 942 g/mol. The lowest BCUT2D eigenvalue weighted by atomic mass is 10.0. The Hall–Kier alpha value is -1.25. The largest absolute Gasteiger partial charge is 0.472 e. The van der Waals surface area contributed by atoms with Crippen molar-refractivity contribution in [1.82, 2.24) is 5.32 Å². The molecule has 0 aliphatic rings. The SMILES string of the molecule is CCCCCCCC/C=C\CCCCCCCC(=O)O[C@H](COCCCCCCCCCCCCCCCC)COP(=O)(O)OCCNC(=O)CCCCCCCCCCCCCCC. The van der Waals surface area contributed by atoms with Gasteiger partial charge in [0.05, 0.1) is 19.8 Å². The van der Waals surface area contributed by atoms with Crippen molar-refractivity contribution in [2.75, 3.05) is 33.0 Å². The first-order valence-electron chi connectivity index (χ1n) is 28.1. The summed E-state index contributed by atoms with van der Waals surface area (Å²) in [7, 11) is -4.43. The molecule has 2 atom stereocenters.